The van der Waals surface area contributed by atoms with E-state index in [4.69, 9.17) is 19.6 Å². The van der Waals surface area contributed by atoms with Gasteiger partial charge < -0.3 is 40.1 Å². The fraction of sp³-hybridized carbons (Fsp3) is 0.444. The Morgan fingerprint density at radius 3 is 2.74 bits per heavy atom. The van der Waals surface area contributed by atoms with E-state index < -0.39 is 31.1 Å². The highest BCUT2D eigenvalue weighted by Gasteiger charge is 2.44. The molecule has 10 nitrogen and oxygen atoms in total. The van der Waals surface area contributed by atoms with Crippen molar-refractivity contribution >= 4 is 38.4 Å². The maximum Gasteiger partial charge on any atom is 0.206 e. The Labute approximate surface area is 224 Å². The van der Waals surface area contributed by atoms with Gasteiger partial charge in [0.2, 0.25) is 5.95 Å². The number of likely N-dealkylation sites (N-methyl/N-ethyl adjacent to an activating group) is 1. The first-order chi connectivity index (χ1) is 18.5. The molecule has 11 heteroatoms. The molecule has 1 saturated heterocycles. The van der Waals surface area contributed by atoms with Gasteiger partial charge in [-0.1, -0.05) is 12.1 Å². The zero-order valence-electron chi connectivity index (χ0n) is 21.2. The average molecular weight is 543 g/mol. The lowest BCUT2D eigenvalue weighted by Gasteiger charge is -2.20. The van der Waals surface area contributed by atoms with Crippen molar-refractivity contribution < 1.29 is 29.9 Å². The van der Waals surface area contributed by atoms with Crippen molar-refractivity contribution in [1.82, 2.24) is 14.5 Å². The summed E-state index contributed by atoms with van der Waals surface area (Å²) in [6.45, 7) is 2.41. The van der Waals surface area contributed by atoms with Crippen LogP contribution in [0.4, 0.5) is 5.95 Å². The molecule has 3 heterocycles. The van der Waals surface area contributed by atoms with E-state index in [1.54, 1.807) is 15.9 Å². The summed E-state index contributed by atoms with van der Waals surface area (Å²) in [7, 11) is 1.98. The van der Waals surface area contributed by atoms with Crippen molar-refractivity contribution in [3.8, 4) is 5.75 Å². The molecule has 2 aromatic heterocycles. The molecule has 0 radical (unpaired) electrons. The normalized spacial score (nSPS) is 21.6. The third kappa shape index (κ3) is 5.64. The molecule has 4 atom stereocenters. The molecule has 0 bridgehead atoms. The predicted octanol–water partition coefficient (Wildman–Crippen LogP) is 2.17. The van der Waals surface area contributed by atoms with Crippen molar-refractivity contribution in [2.45, 2.75) is 37.5 Å². The van der Waals surface area contributed by atoms with E-state index in [0.717, 1.165) is 44.7 Å². The van der Waals surface area contributed by atoms with Crippen LogP contribution in [0.2, 0.25) is 0 Å². The van der Waals surface area contributed by atoms with Gasteiger partial charge in [0.25, 0.3) is 0 Å². The number of nitrogens with zero attached hydrogens (tertiary/aromatic N) is 3. The molecule has 204 valence electrons. The van der Waals surface area contributed by atoms with Gasteiger partial charge in [-0.2, -0.15) is 0 Å². The van der Waals surface area contributed by atoms with Crippen molar-refractivity contribution in [3.63, 3.8) is 0 Å². The fourth-order valence-electron chi connectivity index (χ4n) is 4.74. The highest BCUT2D eigenvalue weighted by molar-refractivity contribution is 7.19. The first kappa shape index (κ1) is 26.8. The number of ether oxygens (including phenoxy) is 2. The molecule has 0 spiro atoms. The van der Waals surface area contributed by atoms with Gasteiger partial charge in [0.15, 0.2) is 6.23 Å². The second-order valence-electron chi connectivity index (χ2n) is 9.52. The summed E-state index contributed by atoms with van der Waals surface area (Å²) in [6, 6.07) is 15.7. The molecular formula is C27H34N4O6S. The van der Waals surface area contributed by atoms with Crippen molar-refractivity contribution in [2.24, 2.45) is 0 Å². The van der Waals surface area contributed by atoms with Crippen LogP contribution in [0.25, 0.3) is 21.1 Å². The number of aliphatic hydroxyl groups is 4. The largest absolute Gasteiger partial charge is 0.493 e. The van der Waals surface area contributed by atoms with E-state index in [1.807, 2.05) is 37.4 Å². The Bertz CT molecular complexity index is 1360. The van der Waals surface area contributed by atoms with Gasteiger partial charge in [0.1, 0.15) is 24.1 Å². The van der Waals surface area contributed by atoms with Crippen LogP contribution in [0.3, 0.4) is 0 Å². The number of rotatable bonds is 12. The molecule has 5 N–H and O–H groups in total. The summed E-state index contributed by atoms with van der Waals surface area (Å²) in [4.78, 5) is 7.88. The molecule has 0 unspecified atom stereocenters. The molecule has 1 aliphatic rings. The Morgan fingerprint density at radius 2 is 1.95 bits per heavy atom. The monoisotopic (exact) mass is 542 g/mol. The number of benzene rings is 2. The number of thiophene rings is 1. The minimum absolute atomic E-state index is 0.158. The molecule has 2 aromatic carbocycles. The van der Waals surface area contributed by atoms with Gasteiger partial charge in [-0.3, -0.25) is 4.57 Å². The fourth-order valence-corrected chi connectivity index (χ4v) is 5.77. The van der Waals surface area contributed by atoms with Gasteiger partial charge in [-0.15, -0.1) is 11.3 Å². The number of aliphatic hydroxyl groups excluding tert-OH is 4. The zero-order chi connectivity index (χ0) is 26.6. The Hall–Kier alpha value is -2.77. The lowest BCUT2D eigenvalue weighted by Crippen LogP contribution is -2.33. The second kappa shape index (κ2) is 12.0. The number of hydrogen-bond donors (Lipinski definition) is 5. The van der Waals surface area contributed by atoms with Gasteiger partial charge in [-0.25, -0.2) is 4.98 Å². The molecule has 4 aromatic rings. The lowest BCUT2D eigenvalue weighted by molar-refractivity contribution is -0.0499. The van der Waals surface area contributed by atoms with Crippen LogP contribution >= 0.6 is 11.3 Å². The second-order valence-corrected chi connectivity index (χ2v) is 10.7. The molecule has 1 fully saturated rings. The number of para-hydroxylation sites is 2. The quantitative estimate of drug-likeness (QED) is 0.171. The third-order valence-electron chi connectivity index (χ3n) is 6.77. The molecule has 38 heavy (non-hydrogen) atoms. The molecule has 0 saturated carbocycles. The van der Waals surface area contributed by atoms with Crippen LogP contribution in [-0.4, -0.2) is 93.1 Å². The van der Waals surface area contributed by atoms with Crippen molar-refractivity contribution in [1.29, 1.82) is 0 Å². The standard InChI is InChI=1S/C27H34N4O6S/c1-30(10-11-32)9-4-12-36-18-8-7-17-13-19(38-23(17)14-18)15-28-27-29-20-5-2-3-6-21(20)31(27)26-25(35)24(34)22(16-33)37-26/h2-3,5-8,13-14,22,24-26,32-35H,4,9-12,15-16H2,1H3,(H,28,29)/t22-,24-,25-,26-/m1/s1. The molecule has 0 amide bonds. The molecular weight excluding hydrogens is 508 g/mol. The van der Waals surface area contributed by atoms with E-state index in [2.05, 4.69) is 28.4 Å². The third-order valence-corrected chi connectivity index (χ3v) is 7.86. The minimum atomic E-state index is -1.21. The Balaban J connectivity index is 1.28. The number of hydrogen-bond acceptors (Lipinski definition) is 10. The highest BCUT2D eigenvalue weighted by atomic mass is 32.1. The minimum Gasteiger partial charge on any atom is -0.493 e. The number of fused-ring (bicyclic) bond motifs is 2. The van der Waals surface area contributed by atoms with Crippen LogP contribution in [0.5, 0.6) is 5.75 Å². The lowest BCUT2D eigenvalue weighted by atomic mass is 10.1. The zero-order valence-corrected chi connectivity index (χ0v) is 22.0. The van der Waals surface area contributed by atoms with Gasteiger partial charge in [0, 0.05) is 22.7 Å². The molecule has 0 aliphatic carbocycles. The first-order valence-corrected chi connectivity index (χ1v) is 13.6. The Morgan fingerprint density at radius 1 is 1.11 bits per heavy atom. The van der Waals surface area contributed by atoms with E-state index in [1.165, 1.54) is 0 Å². The maximum atomic E-state index is 10.7. The Kier molecular flexibility index (Phi) is 8.44. The maximum absolute atomic E-state index is 10.7. The summed E-state index contributed by atoms with van der Waals surface area (Å²) in [6.07, 6.45) is -3.28. The number of imidazole rings is 1. The van der Waals surface area contributed by atoms with Gasteiger partial charge >= 0.3 is 0 Å². The molecule has 1 aliphatic heterocycles. The summed E-state index contributed by atoms with van der Waals surface area (Å²) in [5.74, 6) is 1.34. The van der Waals surface area contributed by atoms with Gasteiger partial charge in [-0.05, 0) is 55.3 Å². The summed E-state index contributed by atoms with van der Waals surface area (Å²) < 4.78 is 14.6. The van der Waals surface area contributed by atoms with Crippen LogP contribution in [0.1, 0.15) is 17.5 Å². The first-order valence-electron chi connectivity index (χ1n) is 12.8. The van der Waals surface area contributed by atoms with E-state index in [9.17, 15) is 15.3 Å². The van der Waals surface area contributed by atoms with Crippen molar-refractivity contribution in [3.05, 3.63) is 53.4 Å². The van der Waals surface area contributed by atoms with Crippen molar-refractivity contribution in [2.75, 3.05) is 45.3 Å². The van der Waals surface area contributed by atoms with Crippen LogP contribution in [0, 0.1) is 0 Å². The van der Waals surface area contributed by atoms with Crippen LogP contribution < -0.4 is 10.1 Å². The number of nitrogens with one attached hydrogen (secondary N) is 1. The van der Waals surface area contributed by atoms with E-state index in [0.29, 0.717) is 25.6 Å². The summed E-state index contributed by atoms with van der Waals surface area (Å²) in [5.41, 5.74) is 1.49. The highest BCUT2D eigenvalue weighted by Crippen LogP contribution is 2.35. The predicted molar refractivity (Wildman–Crippen MR) is 147 cm³/mol. The summed E-state index contributed by atoms with van der Waals surface area (Å²) in [5, 5.41) is 44.0. The molecule has 5 rings (SSSR count). The van der Waals surface area contributed by atoms with Crippen LogP contribution in [0.15, 0.2) is 48.5 Å². The van der Waals surface area contributed by atoms with Crippen LogP contribution in [-0.2, 0) is 11.3 Å². The van der Waals surface area contributed by atoms with Gasteiger partial charge in [0.05, 0.1) is 37.4 Å². The summed E-state index contributed by atoms with van der Waals surface area (Å²) >= 11 is 1.66. The average Bonchev–Trinajstić information content (AvgIpc) is 3.58. The topological polar surface area (TPSA) is 132 Å². The SMILES string of the molecule is CN(CCO)CCCOc1ccc2cc(CNc3nc4ccccc4n3[C@@H]3O[C@H](CO)[C@@H](O)[C@H]3O)sc2c1. The number of aromatic nitrogens is 2. The van der Waals surface area contributed by atoms with E-state index >= 15 is 0 Å². The number of anilines is 1. The smallest absolute Gasteiger partial charge is 0.206 e. The van der Waals surface area contributed by atoms with E-state index in [-0.39, 0.29) is 6.61 Å².